The topological polar surface area (TPSA) is 56.8 Å². The van der Waals surface area contributed by atoms with Gasteiger partial charge in [0.2, 0.25) is 0 Å². The summed E-state index contributed by atoms with van der Waals surface area (Å²) in [5.41, 5.74) is 1.67. The van der Waals surface area contributed by atoms with E-state index >= 15 is 0 Å². The van der Waals surface area contributed by atoms with Gasteiger partial charge in [-0.15, -0.1) is 5.23 Å². The molecule has 2 aromatic carbocycles. The lowest BCUT2D eigenvalue weighted by Crippen LogP contribution is -2.10. The first-order chi connectivity index (χ1) is 7.77. The Kier molecular flexibility index (Phi) is 1.86. The maximum Gasteiger partial charge on any atom is 0.137 e. The lowest BCUT2D eigenvalue weighted by Gasteiger charge is -2.08. The Bertz CT molecular complexity index is 657. The van der Waals surface area contributed by atoms with Crippen LogP contribution in [0, 0.1) is 0 Å². The zero-order valence-electron chi connectivity index (χ0n) is 8.29. The van der Waals surface area contributed by atoms with E-state index in [0.717, 1.165) is 11.0 Å². The molecular formula is C12H9NO3. The Morgan fingerprint density at radius 1 is 0.875 bits per heavy atom. The first kappa shape index (κ1) is 9.21. The number of hydrogen-bond acceptors (Lipinski definition) is 4. The molecule has 3 aromatic rings. The summed E-state index contributed by atoms with van der Waals surface area (Å²) in [7, 11) is 0. The summed E-state index contributed by atoms with van der Waals surface area (Å²) in [4.78, 5) is 0. The fourth-order valence-corrected chi connectivity index (χ4v) is 1.92. The average Bonchev–Trinajstić information content (AvgIpc) is 2.66. The molecule has 0 unspecified atom stereocenters. The zero-order valence-corrected chi connectivity index (χ0v) is 8.29. The van der Waals surface area contributed by atoms with Crippen molar-refractivity contribution in [2.45, 2.75) is 0 Å². The van der Waals surface area contributed by atoms with Gasteiger partial charge in [-0.3, -0.25) is 10.4 Å². The minimum absolute atomic E-state index is 0.115. The summed E-state index contributed by atoms with van der Waals surface area (Å²) in [5.74, 6) is 0. The first-order valence-electron chi connectivity index (χ1n) is 4.85. The first-order valence-corrected chi connectivity index (χ1v) is 4.85. The molecule has 0 saturated heterocycles. The molecule has 2 N–H and O–H groups in total. The van der Waals surface area contributed by atoms with E-state index in [1.807, 2.05) is 24.3 Å². The fourth-order valence-electron chi connectivity index (χ4n) is 1.92. The number of nitrogens with zero attached hydrogens (tertiary/aromatic N) is 1. The van der Waals surface area contributed by atoms with E-state index in [-0.39, 0.29) is 5.23 Å². The second-order valence-electron chi connectivity index (χ2n) is 3.54. The molecule has 0 radical (unpaired) electrons. The smallest absolute Gasteiger partial charge is 0.137 e. The molecule has 1 heterocycles. The average molecular weight is 215 g/mol. The summed E-state index contributed by atoms with van der Waals surface area (Å²) in [5, 5.41) is 20.0. The van der Waals surface area contributed by atoms with Crippen LogP contribution < -0.4 is 5.23 Å². The van der Waals surface area contributed by atoms with Gasteiger partial charge in [0.25, 0.3) is 0 Å². The molecule has 0 fully saturated rings. The van der Waals surface area contributed by atoms with Gasteiger partial charge in [0.05, 0.1) is 5.39 Å². The number of hydrogen-bond donors (Lipinski definition) is 2. The van der Waals surface area contributed by atoms with Crippen molar-refractivity contribution in [2.75, 3.05) is 5.23 Å². The molecule has 16 heavy (non-hydrogen) atoms. The van der Waals surface area contributed by atoms with Gasteiger partial charge < -0.3 is 4.42 Å². The lowest BCUT2D eigenvalue weighted by molar-refractivity contribution is 0.0300. The van der Waals surface area contributed by atoms with Gasteiger partial charge in [-0.05, 0) is 18.2 Å². The quantitative estimate of drug-likeness (QED) is 0.612. The molecule has 0 atom stereocenters. The van der Waals surface area contributed by atoms with Crippen molar-refractivity contribution in [2.24, 2.45) is 0 Å². The predicted molar refractivity (Wildman–Crippen MR) is 59.8 cm³/mol. The number of anilines is 1. The summed E-state index contributed by atoms with van der Waals surface area (Å²) in [6, 6.07) is 12.6. The minimum atomic E-state index is 0.115. The molecule has 0 aliphatic rings. The molecule has 4 heteroatoms. The van der Waals surface area contributed by atoms with Gasteiger partial charge >= 0.3 is 0 Å². The van der Waals surface area contributed by atoms with E-state index in [4.69, 9.17) is 14.8 Å². The molecular weight excluding hydrogens is 206 g/mol. The zero-order chi connectivity index (χ0) is 11.1. The van der Waals surface area contributed by atoms with Crippen LogP contribution in [0.15, 0.2) is 46.9 Å². The highest BCUT2D eigenvalue weighted by molar-refractivity contribution is 6.11. The number of fused-ring (bicyclic) bond motifs is 3. The van der Waals surface area contributed by atoms with Crippen LogP contribution in [-0.2, 0) is 0 Å². The molecule has 0 aliphatic heterocycles. The van der Waals surface area contributed by atoms with Crippen molar-refractivity contribution < 1.29 is 14.8 Å². The third-order valence-electron chi connectivity index (χ3n) is 2.60. The Labute approximate surface area is 90.8 Å². The maximum atomic E-state index is 9.15. The van der Waals surface area contributed by atoms with Crippen LogP contribution >= 0.6 is 0 Å². The van der Waals surface area contributed by atoms with Gasteiger partial charge in [0.15, 0.2) is 0 Å². The highest BCUT2D eigenvalue weighted by Gasteiger charge is 2.12. The van der Waals surface area contributed by atoms with Crippen LogP contribution in [0.5, 0.6) is 0 Å². The molecule has 0 aliphatic carbocycles. The summed E-state index contributed by atoms with van der Waals surface area (Å²) in [6.45, 7) is 0. The molecule has 4 nitrogen and oxygen atoms in total. The Morgan fingerprint density at radius 2 is 1.62 bits per heavy atom. The van der Waals surface area contributed by atoms with Crippen molar-refractivity contribution >= 4 is 27.6 Å². The second kappa shape index (κ2) is 3.23. The SMILES string of the molecule is ON(O)c1cccc2oc3ccccc3c12. The Balaban J connectivity index is 2.53. The third kappa shape index (κ3) is 1.18. The normalized spacial score (nSPS) is 11.1. The summed E-state index contributed by atoms with van der Waals surface area (Å²) >= 11 is 0. The molecule has 3 rings (SSSR count). The molecule has 80 valence electrons. The molecule has 0 spiro atoms. The molecule has 1 aromatic heterocycles. The summed E-state index contributed by atoms with van der Waals surface area (Å²) in [6.07, 6.45) is 0. The molecule has 0 bridgehead atoms. The number of benzene rings is 2. The Morgan fingerprint density at radius 3 is 2.44 bits per heavy atom. The van der Waals surface area contributed by atoms with E-state index < -0.39 is 0 Å². The van der Waals surface area contributed by atoms with Gasteiger partial charge in [-0.25, -0.2) is 0 Å². The number of furan rings is 1. The van der Waals surface area contributed by atoms with Gasteiger partial charge in [0.1, 0.15) is 16.9 Å². The van der Waals surface area contributed by atoms with Crippen LogP contribution in [0.4, 0.5) is 5.69 Å². The predicted octanol–water partition coefficient (Wildman–Crippen LogP) is 3.17. The Hall–Kier alpha value is -2.04. The maximum absolute atomic E-state index is 9.15. The van der Waals surface area contributed by atoms with Gasteiger partial charge in [0, 0.05) is 5.39 Å². The molecule has 0 saturated carbocycles. The van der Waals surface area contributed by atoms with Gasteiger partial charge in [-0.1, -0.05) is 24.3 Å². The lowest BCUT2D eigenvalue weighted by atomic mass is 10.1. The monoisotopic (exact) mass is 215 g/mol. The summed E-state index contributed by atoms with van der Waals surface area (Å²) < 4.78 is 5.59. The van der Waals surface area contributed by atoms with Crippen LogP contribution in [0.1, 0.15) is 0 Å². The van der Waals surface area contributed by atoms with Crippen molar-refractivity contribution in [3.8, 4) is 0 Å². The van der Waals surface area contributed by atoms with Crippen molar-refractivity contribution in [3.63, 3.8) is 0 Å². The largest absolute Gasteiger partial charge is 0.456 e. The van der Waals surface area contributed by atoms with Crippen molar-refractivity contribution in [1.29, 1.82) is 0 Å². The van der Waals surface area contributed by atoms with Gasteiger partial charge in [-0.2, -0.15) is 0 Å². The van der Waals surface area contributed by atoms with E-state index in [2.05, 4.69) is 0 Å². The van der Waals surface area contributed by atoms with E-state index in [0.29, 0.717) is 16.7 Å². The fraction of sp³-hybridized carbons (Fsp3) is 0. The van der Waals surface area contributed by atoms with Crippen molar-refractivity contribution in [3.05, 3.63) is 42.5 Å². The molecule has 0 amide bonds. The highest BCUT2D eigenvalue weighted by atomic mass is 16.8. The van der Waals surface area contributed by atoms with Crippen LogP contribution in [0.2, 0.25) is 0 Å². The van der Waals surface area contributed by atoms with E-state index in [1.54, 1.807) is 18.2 Å². The minimum Gasteiger partial charge on any atom is -0.456 e. The number of rotatable bonds is 1. The van der Waals surface area contributed by atoms with Crippen molar-refractivity contribution in [1.82, 2.24) is 0 Å². The van der Waals surface area contributed by atoms with Crippen LogP contribution in [-0.4, -0.2) is 10.4 Å². The van der Waals surface area contributed by atoms with E-state index in [1.165, 1.54) is 0 Å². The van der Waals surface area contributed by atoms with Crippen LogP contribution in [0.25, 0.3) is 21.9 Å². The standard InChI is InChI=1S/C12H9NO3/c14-13(15)9-5-3-7-11-12(9)8-4-1-2-6-10(8)16-11/h1-7,14-15H. The van der Waals surface area contributed by atoms with Crippen LogP contribution in [0.3, 0.4) is 0 Å². The second-order valence-corrected chi connectivity index (χ2v) is 3.54. The highest BCUT2D eigenvalue weighted by Crippen LogP contribution is 2.34. The third-order valence-corrected chi connectivity index (χ3v) is 2.60. The van der Waals surface area contributed by atoms with E-state index in [9.17, 15) is 0 Å². The number of para-hydroxylation sites is 1.